The van der Waals surface area contributed by atoms with Crippen LogP contribution in [-0.4, -0.2) is 4.98 Å². The summed E-state index contributed by atoms with van der Waals surface area (Å²) in [5, 5.41) is 1.17. The summed E-state index contributed by atoms with van der Waals surface area (Å²) in [4.78, 5) is 4.77. The lowest BCUT2D eigenvalue weighted by molar-refractivity contribution is 0.783. The van der Waals surface area contributed by atoms with Crippen molar-refractivity contribution < 1.29 is 0 Å². The molecule has 4 rings (SSSR count). The van der Waals surface area contributed by atoms with Crippen molar-refractivity contribution in [3.05, 3.63) is 112 Å². The fourth-order valence-corrected chi connectivity index (χ4v) is 4.03. The minimum atomic E-state index is 0.567. The molecular weight excluding hydrogens is 374 g/mol. The fraction of sp³-hybridized carbons (Fsp3) is 0.233. The highest BCUT2D eigenvalue weighted by Crippen LogP contribution is 2.21. The summed E-state index contributed by atoms with van der Waals surface area (Å²) in [5.41, 5.74) is 8.53. The molecule has 1 nitrogen and oxygen atoms in total. The SMILES string of the molecule is Cc1ccc2ccc(/C=C/c3cc#cc(CCCc4ccccc4C(C)C)c3)nc2c1. The van der Waals surface area contributed by atoms with E-state index in [0.29, 0.717) is 5.92 Å². The minimum absolute atomic E-state index is 0.567. The molecule has 154 valence electrons. The molecule has 0 aliphatic rings. The van der Waals surface area contributed by atoms with Crippen LogP contribution < -0.4 is 0 Å². The Morgan fingerprint density at radius 3 is 2.65 bits per heavy atom. The second-order valence-electron chi connectivity index (χ2n) is 8.56. The second-order valence-corrected chi connectivity index (χ2v) is 8.56. The van der Waals surface area contributed by atoms with E-state index in [1.807, 2.05) is 6.07 Å². The molecule has 0 aliphatic heterocycles. The van der Waals surface area contributed by atoms with Gasteiger partial charge in [-0.05, 0) is 84.7 Å². The monoisotopic (exact) mass is 403 g/mol. The first kappa shape index (κ1) is 20.9. The number of rotatable bonds is 7. The van der Waals surface area contributed by atoms with Gasteiger partial charge >= 0.3 is 0 Å². The summed E-state index contributed by atoms with van der Waals surface area (Å²) in [6.45, 7) is 6.63. The Morgan fingerprint density at radius 2 is 1.77 bits per heavy atom. The van der Waals surface area contributed by atoms with Gasteiger partial charge in [0.25, 0.3) is 0 Å². The standard InChI is InChI=1S/C30H29N/c1-22(2)29-13-5-4-11-26(29)12-7-10-24-8-6-9-25(21-24)15-18-28-19-17-27-16-14-23(3)20-30(27)31-28/h4-5,9,11,13-22H,7,10,12H2,1-3H3/b18-15+. The van der Waals surface area contributed by atoms with Crippen molar-refractivity contribution in [2.45, 2.75) is 46.0 Å². The molecule has 0 aliphatic carbocycles. The molecular formula is C30H29N. The summed E-state index contributed by atoms with van der Waals surface area (Å²) in [6.07, 6.45) is 7.42. The lowest BCUT2D eigenvalue weighted by Gasteiger charge is -2.12. The highest BCUT2D eigenvalue weighted by atomic mass is 14.7. The molecule has 0 amide bonds. The summed E-state index contributed by atoms with van der Waals surface area (Å²) in [5.74, 6) is 0.567. The lowest BCUT2D eigenvalue weighted by atomic mass is 9.93. The number of hydrogen-bond donors (Lipinski definition) is 0. The Bertz CT molecular complexity index is 1200. The topological polar surface area (TPSA) is 12.9 Å². The van der Waals surface area contributed by atoms with Crippen LogP contribution in [0.25, 0.3) is 23.1 Å². The summed E-state index contributed by atoms with van der Waals surface area (Å²) in [6, 6.07) is 30.1. The molecule has 0 radical (unpaired) electrons. The average Bonchev–Trinajstić information content (AvgIpc) is 2.78. The Kier molecular flexibility index (Phi) is 6.48. The first-order chi connectivity index (χ1) is 15.1. The molecule has 0 saturated heterocycles. The van der Waals surface area contributed by atoms with Crippen LogP contribution >= 0.6 is 0 Å². The van der Waals surface area contributed by atoms with Crippen LogP contribution in [0.2, 0.25) is 0 Å². The Balaban J connectivity index is 1.41. The molecule has 0 unspecified atom stereocenters. The van der Waals surface area contributed by atoms with E-state index in [2.05, 4.69) is 106 Å². The molecule has 0 N–H and O–H groups in total. The molecule has 1 aromatic heterocycles. The van der Waals surface area contributed by atoms with Gasteiger partial charge < -0.3 is 0 Å². The van der Waals surface area contributed by atoms with Crippen LogP contribution in [0.15, 0.2) is 66.7 Å². The van der Waals surface area contributed by atoms with Crippen molar-refractivity contribution in [2.75, 3.05) is 0 Å². The maximum atomic E-state index is 4.77. The highest BCUT2D eigenvalue weighted by molar-refractivity contribution is 5.81. The van der Waals surface area contributed by atoms with Crippen LogP contribution in [0.4, 0.5) is 0 Å². The minimum Gasteiger partial charge on any atom is -0.248 e. The third-order valence-electron chi connectivity index (χ3n) is 5.70. The molecule has 0 spiro atoms. The van der Waals surface area contributed by atoms with Gasteiger partial charge in [0, 0.05) is 10.9 Å². The predicted octanol–water partition coefficient (Wildman–Crippen LogP) is 7.61. The molecule has 3 aromatic carbocycles. The fourth-order valence-electron chi connectivity index (χ4n) is 4.03. The Labute approximate surface area is 186 Å². The van der Waals surface area contributed by atoms with E-state index in [0.717, 1.165) is 36.0 Å². The highest BCUT2D eigenvalue weighted by Gasteiger charge is 2.05. The zero-order chi connectivity index (χ0) is 21.6. The van der Waals surface area contributed by atoms with Gasteiger partial charge in [0.2, 0.25) is 0 Å². The number of fused-ring (bicyclic) bond motifs is 1. The second kappa shape index (κ2) is 9.63. The smallest absolute Gasteiger partial charge is 0.0711 e. The van der Waals surface area contributed by atoms with E-state index in [1.54, 1.807) is 0 Å². The van der Waals surface area contributed by atoms with E-state index < -0.39 is 0 Å². The van der Waals surface area contributed by atoms with Gasteiger partial charge in [-0.25, -0.2) is 4.98 Å². The number of benzene rings is 2. The van der Waals surface area contributed by atoms with Gasteiger partial charge in [0.05, 0.1) is 11.2 Å². The summed E-state index contributed by atoms with van der Waals surface area (Å²) in [7, 11) is 0. The van der Waals surface area contributed by atoms with Crippen LogP contribution in [0, 0.1) is 19.1 Å². The van der Waals surface area contributed by atoms with Gasteiger partial charge in [-0.2, -0.15) is 0 Å². The number of pyridine rings is 1. The third-order valence-corrected chi connectivity index (χ3v) is 5.70. The van der Waals surface area contributed by atoms with E-state index >= 15 is 0 Å². The van der Waals surface area contributed by atoms with Crippen LogP contribution in [0.3, 0.4) is 0 Å². The van der Waals surface area contributed by atoms with Gasteiger partial charge in [-0.15, -0.1) is 0 Å². The zero-order valence-corrected chi connectivity index (χ0v) is 18.7. The van der Waals surface area contributed by atoms with Crippen molar-refractivity contribution in [2.24, 2.45) is 0 Å². The first-order valence-electron chi connectivity index (χ1n) is 11.1. The summed E-state index contributed by atoms with van der Waals surface area (Å²) >= 11 is 0. The maximum absolute atomic E-state index is 4.77. The molecule has 0 atom stereocenters. The van der Waals surface area contributed by atoms with E-state index in [9.17, 15) is 0 Å². The lowest BCUT2D eigenvalue weighted by Crippen LogP contribution is -1.97. The number of nitrogens with zero attached hydrogens (tertiary/aromatic N) is 1. The maximum Gasteiger partial charge on any atom is 0.0711 e. The van der Waals surface area contributed by atoms with Crippen molar-refractivity contribution in [1.29, 1.82) is 0 Å². The van der Waals surface area contributed by atoms with Crippen molar-refractivity contribution in [1.82, 2.24) is 4.98 Å². The van der Waals surface area contributed by atoms with Gasteiger partial charge in [0.1, 0.15) is 0 Å². The third kappa shape index (κ3) is 5.41. The molecule has 31 heavy (non-hydrogen) atoms. The van der Waals surface area contributed by atoms with Crippen LogP contribution in [0.1, 0.15) is 59.7 Å². The molecule has 1 heteroatoms. The van der Waals surface area contributed by atoms with Crippen molar-refractivity contribution >= 4 is 23.1 Å². The number of aromatic nitrogens is 1. The van der Waals surface area contributed by atoms with Crippen molar-refractivity contribution in [3.8, 4) is 0 Å². The Hall–Kier alpha value is -3.37. The van der Waals surface area contributed by atoms with Gasteiger partial charge in [0.15, 0.2) is 0 Å². The molecule has 0 saturated carbocycles. The quantitative estimate of drug-likeness (QED) is 0.309. The Morgan fingerprint density at radius 1 is 0.935 bits per heavy atom. The largest absolute Gasteiger partial charge is 0.248 e. The predicted molar refractivity (Wildman–Crippen MR) is 132 cm³/mol. The normalized spacial score (nSPS) is 11.4. The van der Waals surface area contributed by atoms with E-state index in [4.69, 9.17) is 4.98 Å². The molecule has 0 fully saturated rings. The van der Waals surface area contributed by atoms with Gasteiger partial charge in [-0.1, -0.05) is 74.5 Å². The molecule has 0 bridgehead atoms. The van der Waals surface area contributed by atoms with Gasteiger partial charge in [-0.3, -0.25) is 0 Å². The van der Waals surface area contributed by atoms with E-state index in [1.165, 1.54) is 27.6 Å². The average molecular weight is 404 g/mol. The zero-order valence-electron chi connectivity index (χ0n) is 18.7. The summed E-state index contributed by atoms with van der Waals surface area (Å²) < 4.78 is 0. The van der Waals surface area contributed by atoms with Crippen LogP contribution in [0.5, 0.6) is 0 Å². The van der Waals surface area contributed by atoms with Crippen LogP contribution in [-0.2, 0) is 12.8 Å². The van der Waals surface area contributed by atoms with Crippen molar-refractivity contribution in [3.63, 3.8) is 0 Å². The number of aryl methyl sites for hydroxylation is 3. The van der Waals surface area contributed by atoms with E-state index in [-0.39, 0.29) is 0 Å². The first-order valence-corrected chi connectivity index (χ1v) is 11.1. The molecule has 1 heterocycles. The number of hydrogen-bond acceptors (Lipinski definition) is 1. The molecule has 4 aromatic rings.